The second-order valence-electron chi connectivity index (χ2n) is 8.10. The van der Waals surface area contributed by atoms with E-state index in [1.54, 1.807) is 4.68 Å². The summed E-state index contributed by atoms with van der Waals surface area (Å²) in [6, 6.07) is 5.80. The molecule has 0 radical (unpaired) electrons. The van der Waals surface area contributed by atoms with Crippen molar-refractivity contribution in [3.05, 3.63) is 35.8 Å². The van der Waals surface area contributed by atoms with Crippen molar-refractivity contribution in [2.75, 3.05) is 62.0 Å². The van der Waals surface area contributed by atoms with E-state index in [9.17, 15) is 4.79 Å². The van der Waals surface area contributed by atoms with Gasteiger partial charge in [0.25, 0.3) is 5.91 Å². The summed E-state index contributed by atoms with van der Waals surface area (Å²) in [5.74, 6) is 1.25. The SMILES string of the molecule is CCOc1cc(N2CCN(C)CC2)ccc1NC(=O)C1=C(C)N(C)c2ncnn2C1C. The van der Waals surface area contributed by atoms with Gasteiger partial charge in [0.05, 0.1) is 23.9 Å². The Kier molecular flexibility index (Phi) is 5.86. The maximum absolute atomic E-state index is 13.3. The normalized spacial score (nSPS) is 19.5. The van der Waals surface area contributed by atoms with Gasteiger partial charge in [-0.05, 0) is 40.0 Å². The first-order valence-corrected chi connectivity index (χ1v) is 10.8. The molecule has 1 saturated heterocycles. The van der Waals surface area contributed by atoms with Crippen LogP contribution in [0.5, 0.6) is 5.75 Å². The minimum Gasteiger partial charge on any atom is -0.492 e. The number of ether oxygens (including phenoxy) is 1. The van der Waals surface area contributed by atoms with E-state index in [-0.39, 0.29) is 11.9 Å². The number of rotatable bonds is 5. The van der Waals surface area contributed by atoms with Gasteiger partial charge in [0.2, 0.25) is 5.95 Å². The van der Waals surface area contributed by atoms with Crippen molar-refractivity contribution < 1.29 is 9.53 Å². The minimum atomic E-state index is -0.214. The standard InChI is InChI=1S/C22H31N7O2/c1-6-31-19-13-17(28-11-9-26(4)10-12-28)7-8-18(19)25-21(30)20-15(2)27(5)22-23-14-24-29(22)16(20)3/h7-8,13-14,16H,6,9-12H2,1-5H3,(H,25,30). The molecular formula is C22H31N7O2. The fourth-order valence-corrected chi connectivity index (χ4v) is 4.21. The molecule has 31 heavy (non-hydrogen) atoms. The predicted molar refractivity (Wildman–Crippen MR) is 122 cm³/mol. The number of amides is 1. The molecule has 9 nitrogen and oxygen atoms in total. The van der Waals surface area contributed by atoms with Crippen LogP contribution in [-0.4, -0.2) is 72.5 Å². The van der Waals surface area contributed by atoms with Crippen LogP contribution in [0.1, 0.15) is 26.8 Å². The minimum absolute atomic E-state index is 0.161. The lowest BCUT2D eigenvalue weighted by Gasteiger charge is -2.34. The van der Waals surface area contributed by atoms with Gasteiger partial charge >= 0.3 is 0 Å². The summed E-state index contributed by atoms with van der Waals surface area (Å²) in [6.45, 7) is 10.4. The Hall–Kier alpha value is -3.07. The summed E-state index contributed by atoms with van der Waals surface area (Å²) >= 11 is 0. The average molecular weight is 426 g/mol. The molecule has 0 bridgehead atoms. The van der Waals surface area contributed by atoms with Gasteiger partial charge in [-0.1, -0.05) is 0 Å². The summed E-state index contributed by atoms with van der Waals surface area (Å²) in [6.07, 6.45) is 1.51. The van der Waals surface area contributed by atoms with Crippen LogP contribution in [0.4, 0.5) is 17.3 Å². The van der Waals surface area contributed by atoms with Gasteiger partial charge in [-0.3, -0.25) is 4.79 Å². The average Bonchev–Trinajstić information content (AvgIpc) is 3.25. The van der Waals surface area contributed by atoms with E-state index >= 15 is 0 Å². The van der Waals surface area contributed by atoms with Gasteiger partial charge in [-0.25, -0.2) is 4.68 Å². The lowest BCUT2D eigenvalue weighted by atomic mass is 10.0. The third-order valence-electron chi connectivity index (χ3n) is 6.16. The number of hydrogen-bond acceptors (Lipinski definition) is 7. The molecule has 9 heteroatoms. The van der Waals surface area contributed by atoms with Crippen LogP contribution in [0.2, 0.25) is 0 Å². The Bertz CT molecular complexity index is 991. The van der Waals surface area contributed by atoms with Crippen LogP contribution in [0.15, 0.2) is 35.8 Å². The van der Waals surface area contributed by atoms with Crippen molar-refractivity contribution in [1.82, 2.24) is 19.7 Å². The van der Waals surface area contributed by atoms with E-state index in [1.165, 1.54) is 6.33 Å². The Morgan fingerprint density at radius 1 is 1.23 bits per heavy atom. The van der Waals surface area contributed by atoms with Crippen molar-refractivity contribution in [2.45, 2.75) is 26.8 Å². The highest BCUT2D eigenvalue weighted by Gasteiger charge is 2.32. The summed E-state index contributed by atoms with van der Waals surface area (Å²) in [4.78, 5) is 24.2. The van der Waals surface area contributed by atoms with Crippen LogP contribution in [0.3, 0.4) is 0 Å². The molecule has 1 unspecified atom stereocenters. The number of fused-ring (bicyclic) bond motifs is 1. The third-order valence-corrected chi connectivity index (χ3v) is 6.16. The highest BCUT2D eigenvalue weighted by atomic mass is 16.5. The molecule has 3 heterocycles. The largest absolute Gasteiger partial charge is 0.492 e. The molecule has 2 aliphatic rings. The highest BCUT2D eigenvalue weighted by Crippen LogP contribution is 2.35. The van der Waals surface area contributed by atoms with Gasteiger partial charge in [0.15, 0.2) is 0 Å². The Labute approximate surface area is 183 Å². The fourth-order valence-electron chi connectivity index (χ4n) is 4.21. The van der Waals surface area contributed by atoms with Crippen LogP contribution in [0.25, 0.3) is 0 Å². The number of carbonyl (C=O) groups excluding carboxylic acids is 1. The number of aromatic nitrogens is 3. The number of benzene rings is 1. The van der Waals surface area contributed by atoms with E-state index < -0.39 is 0 Å². The van der Waals surface area contributed by atoms with E-state index in [0.29, 0.717) is 23.6 Å². The van der Waals surface area contributed by atoms with Crippen molar-refractivity contribution in [2.24, 2.45) is 0 Å². The molecule has 0 aliphatic carbocycles. The van der Waals surface area contributed by atoms with E-state index in [1.807, 2.05) is 44.9 Å². The van der Waals surface area contributed by atoms with Gasteiger partial charge < -0.3 is 24.8 Å². The maximum Gasteiger partial charge on any atom is 0.255 e. The first-order chi connectivity index (χ1) is 14.9. The lowest BCUT2D eigenvalue weighted by Crippen LogP contribution is -2.44. The first kappa shape index (κ1) is 21.2. The van der Waals surface area contributed by atoms with E-state index in [4.69, 9.17) is 4.74 Å². The monoisotopic (exact) mass is 425 g/mol. The second-order valence-corrected chi connectivity index (χ2v) is 8.10. The van der Waals surface area contributed by atoms with Gasteiger partial charge in [-0.15, -0.1) is 0 Å². The predicted octanol–water partition coefficient (Wildman–Crippen LogP) is 2.35. The number of carbonyl (C=O) groups is 1. The van der Waals surface area contributed by atoms with Gasteiger partial charge in [0, 0.05) is 50.7 Å². The summed E-state index contributed by atoms with van der Waals surface area (Å²) < 4.78 is 7.66. The Morgan fingerprint density at radius 2 is 1.97 bits per heavy atom. The van der Waals surface area contributed by atoms with E-state index in [0.717, 1.165) is 43.5 Å². The third kappa shape index (κ3) is 3.97. The van der Waals surface area contributed by atoms with Crippen LogP contribution >= 0.6 is 0 Å². The van der Waals surface area contributed by atoms with Crippen LogP contribution < -0.4 is 19.9 Å². The fraction of sp³-hybridized carbons (Fsp3) is 0.500. The molecule has 2 aromatic rings. The van der Waals surface area contributed by atoms with Crippen molar-refractivity contribution >= 4 is 23.2 Å². The summed E-state index contributed by atoms with van der Waals surface area (Å²) in [5.41, 5.74) is 3.30. The van der Waals surface area contributed by atoms with Crippen molar-refractivity contribution in [3.8, 4) is 5.75 Å². The molecule has 0 spiro atoms. The van der Waals surface area contributed by atoms with Crippen molar-refractivity contribution in [3.63, 3.8) is 0 Å². The smallest absolute Gasteiger partial charge is 0.255 e. The molecule has 1 aromatic carbocycles. The molecule has 166 valence electrons. The molecule has 2 aliphatic heterocycles. The number of anilines is 3. The quantitative estimate of drug-likeness (QED) is 0.788. The molecule has 1 atom stereocenters. The van der Waals surface area contributed by atoms with Crippen molar-refractivity contribution in [1.29, 1.82) is 0 Å². The highest BCUT2D eigenvalue weighted by molar-refractivity contribution is 6.06. The zero-order valence-electron chi connectivity index (χ0n) is 18.9. The molecule has 1 amide bonds. The Balaban J connectivity index is 1.58. The van der Waals surface area contributed by atoms with Gasteiger partial charge in [0.1, 0.15) is 12.1 Å². The number of piperazine rings is 1. The number of nitrogens with one attached hydrogen (secondary N) is 1. The van der Waals surface area contributed by atoms with Crippen LogP contribution in [0, 0.1) is 0 Å². The van der Waals surface area contributed by atoms with Gasteiger partial charge in [-0.2, -0.15) is 10.1 Å². The Morgan fingerprint density at radius 3 is 2.68 bits per heavy atom. The maximum atomic E-state index is 13.3. The molecular weight excluding hydrogens is 394 g/mol. The molecule has 4 rings (SSSR count). The number of allylic oxidation sites excluding steroid dienone is 1. The van der Waals surface area contributed by atoms with Crippen LogP contribution in [-0.2, 0) is 4.79 Å². The molecule has 0 saturated carbocycles. The number of hydrogen-bond donors (Lipinski definition) is 1. The number of likely N-dealkylation sites (N-methyl/N-ethyl adjacent to an activating group) is 1. The molecule has 1 aromatic heterocycles. The molecule has 1 N–H and O–H groups in total. The first-order valence-electron chi connectivity index (χ1n) is 10.8. The second kappa shape index (κ2) is 8.58. The summed E-state index contributed by atoms with van der Waals surface area (Å²) in [7, 11) is 4.04. The lowest BCUT2D eigenvalue weighted by molar-refractivity contribution is -0.113. The number of nitrogens with zero attached hydrogens (tertiary/aromatic N) is 6. The zero-order chi connectivity index (χ0) is 22.1. The molecule has 1 fully saturated rings. The van der Waals surface area contributed by atoms with E-state index in [2.05, 4.69) is 38.3 Å². The zero-order valence-corrected chi connectivity index (χ0v) is 18.9. The summed E-state index contributed by atoms with van der Waals surface area (Å²) in [5, 5.41) is 7.36. The topological polar surface area (TPSA) is 78.8 Å².